The third kappa shape index (κ3) is 23.7. The minimum atomic E-state index is -3.02. The molecule has 4 heteroatoms. The number of hydrogen-bond donors (Lipinski definition) is 0. The van der Waals surface area contributed by atoms with Crippen LogP contribution in [0.15, 0.2) is 0 Å². The molecule has 0 spiro atoms. The molecule has 0 unspecified atom stereocenters. The molecule has 0 nitrogen and oxygen atoms in total. The zero-order valence-corrected chi connectivity index (χ0v) is 21.2. The Morgan fingerprint density at radius 2 is 0.667 bits per heavy atom. The second-order valence-electron chi connectivity index (χ2n) is 7.38. The fourth-order valence-electron chi connectivity index (χ4n) is 3.23. The Balaban J connectivity index is 3.00. The summed E-state index contributed by atoms with van der Waals surface area (Å²) >= 11 is -3.02. The van der Waals surface area contributed by atoms with Crippen LogP contribution in [0.4, 0.5) is 0 Å². The van der Waals surface area contributed by atoms with Crippen molar-refractivity contribution in [2.24, 2.45) is 0 Å². The molecule has 0 saturated carbocycles. The Kier molecular flexibility index (Phi) is 20.8. The van der Waals surface area contributed by atoms with E-state index in [0.29, 0.717) is 0 Å². The van der Waals surface area contributed by atoms with Crippen molar-refractivity contribution >= 4 is 41.8 Å². The molecule has 146 valence electrons. The first-order valence-electron chi connectivity index (χ1n) is 10.6. The molecule has 0 aliphatic heterocycles. The van der Waals surface area contributed by atoms with Gasteiger partial charge < -0.3 is 0 Å². The van der Waals surface area contributed by atoms with E-state index in [-0.39, 0.29) is 0 Å². The zero-order chi connectivity index (χ0) is 17.9. The Hall–Kier alpha value is 1.67. The molecule has 0 aromatic rings. The van der Waals surface area contributed by atoms with Crippen molar-refractivity contribution in [3.8, 4) is 0 Å². The van der Waals surface area contributed by atoms with Gasteiger partial charge in [-0.2, -0.15) is 0 Å². The van der Waals surface area contributed by atoms with Crippen LogP contribution in [0.5, 0.6) is 0 Å². The second-order valence-corrected chi connectivity index (χ2v) is 29.2. The summed E-state index contributed by atoms with van der Waals surface area (Å²) in [6.45, 7) is 2.29. The number of hydrogen-bond acceptors (Lipinski definition) is 0. The number of halogens is 3. The van der Waals surface area contributed by atoms with Crippen LogP contribution in [0, 0.1) is 0 Å². The van der Waals surface area contributed by atoms with Crippen molar-refractivity contribution in [1.29, 1.82) is 0 Å². The monoisotopic (exact) mass is 506 g/mol. The third-order valence-corrected chi connectivity index (χ3v) is 11.2. The normalized spacial score (nSPS) is 12.0. The van der Waals surface area contributed by atoms with Gasteiger partial charge in [0.1, 0.15) is 0 Å². The molecule has 0 heterocycles. The van der Waals surface area contributed by atoms with E-state index in [0.717, 1.165) is 10.9 Å². The molecule has 0 radical (unpaired) electrons. The van der Waals surface area contributed by atoms with Crippen LogP contribution in [-0.4, -0.2) is 15.0 Å². The molecule has 0 fully saturated rings. The molecule has 0 bridgehead atoms. The van der Waals surface area contributed by atoms with Crippen LogP contribution in [0.3, 0.4) is 0 Å². The molecule has 24 heavy (non-hydrogen) atoms. The average Bonchev–Trinajstić information content (AvgIpc) is 2.52. The SMILES string of the molecule is CCCCCCCCCCCCCCCCCCC[CH2][Sn]([Cl])([Cl])[Cl]. The topological polar surface area (TPSA) is 0 Å². The van der Waals surface area contributed by atoms with Crippen LogP contribution >= 0.6 is 26.8 Å². The van der Waals surface area contributed by atoms with Crippen LogP contribution in [0.25, 0.3) is 0 Å². The van der Waals surface area contributed by atoms with E-state index in [9.17, 15) is 0 Å². The van der Waals surface area contributed by atoms with Crippen LogP contribution in [0.2, 0.25) is 4.44 Å². The van der Waals surface area contributed by atoms with Crippen LogP contribution < -0.4 is 0 Å². The predicted octanol–water partition coefficient (Wildman–Crippen LogP) is 9.68. The van der Waals surface area contributed by atoms with Gasteiger partial charge in [0.15, 0.2) is 0 Å². The van der Waals surface area contributed by atoms with Gasteiger partial charge in [-0.3, -0.25) is 0 Å². The first-order chi connectivity index (χ1) is 11.6. The molecule has 0 atom stereocenters. The van der Waals surface area contributed by atoms with Gasteiger partial charge in [0.25, 0.3) is 0 Å². The first-order valence-corrected chi connectivity index (χ1v) is 23.5. The van der Waals surface area contributed by atoms with Gasteiger partial charge in [0, 0.05) is 0 Å². The van der Waals surface area contributed by atoms with Gasteiger partial charge in [-0.15, -0.1) is 0 Å². The van der Waals surface area contributed by atoms with Crippen molar-refractivity contribution in [2.75, 3.05) is 0 Å². The van der Waals surface area contributed by atoms with Crippen molar-refractivity contribution in [3.05, 3.63) is 0 Å². The van der Waals surface area contributed by atoms with E-state index in [1.165, 1.54) is 109 Å². The molecular weight excluding hydrogens is 465 g/mol. The molecule has 0 aliphatic carbocycles. The fourth-order valence-corrected chi connectivity index (χ4v) is 7.77. The second kappa shape index (κ2) is 19.4. The standard InChI is InChI=1S/C20H41.3ClH.Sn/c1-3-5-7-9-11-13-15-17-19-20-18-16-14-12-10-8-6-4-2;;;;/h1,3-20H2,2H3;3*1H;/q;;;;+3/p-3. The maximum absolute atomic E-state index is 5.95. The van der Waals surface area contributed by atoms with Crippen molar-refractivity contribution in [3.63, 3.8) is 0 Å². The van der Waals surface area contributed by atoms with E-state index in [1.807, 2.05) is 0 Å². The molecule has 0 aromatic carbocycles. The molecule has 0 N–H and O–H groups in total. The van der Waals surface area contributed by atoms with Gasteiger partial charge >= 0.3 is 117 Å². The summed E-state index contributed by atoms with van der Waals surface area (Å²) < 4.78 is 0.901. The Morgan fingerprint density at radius 3 is 0.917 bits per heavy atom. The van der Waals surface area contributed by atoms with E-state index < -0.39 is 15.0 Å². The summed E-state index contributed by atoms with van der Waals surface area (Å²) in [5, 5.41) is 0. The van der Waals surface area contributed by atoms with Gasteiger partial charge in [-0.1, -0.05) is 51.9 Å². The van der Waals surface area contributed by atoms with E-state index in [1.54, 1.807) is 0 Å². The van der Waals surface area contributed by atoms with Crippen LogP contribution in [0.1, 0.15) is 122 Å². The quantitative estimate of drug-likeness (QED) is 0.121. The number of unbranched alkanes of at least 4 members (excludes halogenated alkanes) is 17. The summed E-state index contributed by atoms with van der Waals surface area (Å²) in [5.41, 5.74) is 0. The molecule has 0 aromatic heterocycles. The van der Waals surface area contributed by atoms with Crippen molar-refractivity contribution in [2.45, 2.75) is 127 Å². The summed E-state index contributed by atoms with van der Waals surface area (Å²) in [5.74, 6) is 0. The maximum atomic E-state index is 5.95. The predicted molar refractivity (Wildman–Crippen MR) is 117 cm³/mol. The van der Waals surface area contributed by atoms with Gasteiger partial charge in [-0.05, 0) is 0 Å². The molecule has 0 saturated heterocycles. The fraction of sp³-hybridized carbons (Fsp3) is 1.00. The first kappa shape index (κ1) is 25.7. The third-order valence-electron chi connectivity index (χ3n) is 4.81. The van der Waals surface area contributed by atoms with Crippen molar-refractivity contribution < 1.29 is 0 Å². The Morgan fingerprint density at radius 1 is 0.417 bits per heavy atom. The summed E-state index contributed by atoms with van der Waals surface area (Å²) in [4.78, 5) is 0. The van der Waals surface area contributed by atoms with Gasteiger partial charge in [0.2, 0.25) is 0 Å². The molecule has 0 rings (SSSR count). The summed E-state index contributed by atoms with van der Waals surface area (Å²) in [6, 6.07) is 0. The molecular formula is C20H41Cl3Sn. The molecule has 0 amide bonds. The molecule has 0 aliphatic rings. The number of rotatable bonds is 19. The van der Waals surface area contributed by atoms with E-state index in [2.05, 4.69) is 6.92 Å². The Bertz CT molecular complexity index is 242. The summed E-state index contributed by atoms with van der Waals surface area (Å²) in [6.07, 6.45) is 25.2. The summed E-state index contributed by atoms with van der Waals surface area (Å²) in [7, 11) is 17.9. The average molecular weight is 507 g/mol. The minimum absolute atomic E-state index is 0.901. The van der Waals surface area contributed by atoms with E-state index in [4.69, 9.17) is 26.8 Å². The van der Waals surface area contributed by atoms with Gasteiger partial charge in [-0.25, -0.2) is 0 Å². The Labute approximate surface area is 167 Å². The van der Waals surface area contributed by atoms with Crippen LogP contribution in [-0.2, 0) is 0 Å². The van der Waals surface area contributed by atoms with E-state index >= 15 is 0 Å². The van der Waals surface area contributed by atoms with Gasteiger partial charge in [0.05, 0.1) is 0 Å². The van der Waals surface area contributed by atoms with Crippen molar-refractivity contribution in [1.82, 2.24) is 0 Å². The zero-order valence-electron chi connectivity index (χ0n) is 16.1.